The van der Waals surface area contributed by atoms with Crippen LogP contribution in [0.25, 0.3) is 16.9 Å². The van der Waals surface area contributed by atoms with E-state index in [1.165, 1.54) is 0 Å². The van der Waals surface area contributed by atoms with Crippen LogP contribution in [0.5, 0.6) is 5.88 Å². The van der Waals surface area contributed by atoms with E-state index in [9.17, 15) is 4.79 Å². The van der Waals surface area contributed by atoms with Crippen LogP contribution in [0.15, 0.2) is 60.7 Å². The summed E-state index contributed by atoms with van der Waals surface area (Å²) in [5.41, 5.74) is 3.94. The Labute approximate surface area is 173 Å². The Balaban J connectivity index is 1.88. The van der Waals surface area contributed by atoms with Crippen LogP contribution in [0.4, 0.5) is 0 Å². The quantitative estimate of drug-likeness (QED) is 0.470. The highest BCUT2D eigenvalue weighted by Gasteiger charge is 2.21. The van der Waals surface area contributed by atoms with Gasteiger partial charge in [0.2, 0.25) is 5.88 Å². The summed E-state index contributed by atoms with van der Waals surface area (Å²) in [6, 6.07) is 19.8. The third-order valence-electron chi connectivity index (χ3n) is 4.69. The number of ether oxygens (including phenoxy) is 1. The minimum absolute atomic E-state index is 0.184. The van der Waals surface area contributed by atoms with Crippen molar-refractivity contribution < 1.29 is 9.53 Å². The minimum atomic E-state index is -0.227. The number of aryl methyl sites for hydroxylation is 1. The van der Waals surface area contributed by atoms with Crippen molar-refractivity contribution in [2.75, 3.05) is 0 Å². The molecule has 1 unspecified atom stereocenters. The molecule has 3 aromatic rings. The zero-order valence-corrected chi connectivity index (χ0v) is 18.0. The molecule has 0 aliphatic rings. The van der Waals surface area contributed by atoms with Crippen LogP contribution < -0.4 is 4.74 Å². The normalized spacial score (nSPS) is 12.6. The van der Waals surface area contributed by atoms with Crippen LogP contribution in [-0.2, 0) is 4.79 Å². The summed E-state index contributed by atoms with van der Waals surface area (Å²) in [5.74, 6) is 0.476. The monoisotopic (exact) mass is 390 g/mol. The van der Waals surface area contributed by atoms with E-state index in [-0.39, 0.29) is 17.3 Å². The van der Waals surface area contributed by atoms with Gasteiger partial charge in [-0.05, 0) is 42.4 Å². The van der Waals surface area contributed by atoms with Crippen LogP contribution >= 0.6 is 0 Å². The van der Waals surface area contributed by atoms with Crippen molar-refractivity contribution in [1.82, 2.24) is 9.78 Å². The van der Waals surface area contributed by atoms with Gasteiger partial charge in [-0.1, -0.05) is 70.2 Å². The highest BCUT2D eigenvalue weighted by atomic mass is 16.5. The van der Waals surface area contributed by atoms with Gasteiger partial charge >= 0.3 is 5.97 Å². The Kier molecular flexibility index (Phi) is 6.21. The standard InChI is InChI=1S/C25H30N2O2/c1-18-10-9-13-21(14-18)27-23(16-22(26-27)20-11-7-6-8-12-20)29-24(28)15-19(2)17-25(3,4)5/h6-14,16,19H,15,17H2,1-5H3. The van der Waals surface area contributed by atoms with E-state index in [0.29, 0.717) is 12.3 Å². The van der Waals surface area contributed by atoms with E-state index in [0.717, 1.165) is 28.9 Å². The molecule has 152 valence electrons. The topological polar surface area (TPSA) is 44.1 Å². The van der Waals surface area contributed by atoms with Gasteiger partial charge in [0.1, 0.15) is 0 Å². The van der Waals surface area contributed by atoms with E-state index < -0.39 is 0 Å². The number of benzene rings is 2. The summed E-state index contributed by atoms with van der Waals surface area (Å²) in [6.07, 6.45) is 1.35. The highest BCUT2D eigenvalue weighted by molar-refractivity contribution is 5.73. The molecule has 0 saturated heterocycles. The fourth-order valence-electron chi connectivity index (χ4n) is 3.69. The Morgan fingerprint density at radius 1 is 1.07 bits per heavy atom. The summed E-state index contributed by atoms with van der Waals surface area (Å²) >= 11 is 0. The predicted octanol–water partition coefficient (Wildman–Crippen LogP) is 6.22. The lowest BCUT2D eigenvalue weighted by molar-refractivity contribution is -0.135. The number of carbonyl (C=O) groups is 1. The average Bonchev–Trinajstić information content (AvgIpc) is 3.04. The van der Waals surface area contributed by atoms with Crippen LogP contribution in [0, 0.1) is 18.3 Å². The first kappa shape index (κ1) is 20.8. The Bertz CT molecular complexity index is 968. The number of nitrogens with zero attached hydrogens (tertiary/aromatic N) is 2. The van der Waals surface area contributed by atoms with Gasteiger partial charge in [0.25, 0.3) is 0 Å². The Morgan fingerprint density at radius 3 is 2.45 bits per heavy atom. The third-order valence-corrected chi connectivity index (χ3v) is 4.69. The molecule has 2 aromatic carbocycles. The zero-order valence-electron chi connectivity index (χ0n) is 18.0. The minimum Gasteiger partial charge on any atom is -0.407 e. The molecule has 3 rings (SSSR count). The largest absolute Gasteiger partial charge is 0.407 e. The zero-order chi connectivity index (χ0) is 21.0. The molecule has 0 fully saturated rings. The van der Waals surface area contributed by atoms with Crippen molar-refractivity contribution in [1.29, 1.82) is 0 Å². The van der Waals surface area contributed by atoms with Gasteiger partial charge in [0.05, 0.1) is 11.4 Å². The van der Waals surface area contributed by atoms with Crippen LogP contribution in [0.1, 0.15) is 46.1 Å². The van der Waals surface area contributed by atoms with Crippen molar-refractivity contribution in [3.05, 3.63) is 66.2 Å². The molecule has 29 heavy (non-hydrogen) atoms. The third kappa shape index (κ3) is 5.80. The first-order chi connectivity index (χ1) is 13.7. The van der Waals surface area contributed by atoms with Crippen LogP contribution in [0.2, 0.25) is 0 Å². The van der Waals surface area contributed by atoms with Gasteiger partial charge in [-0.15, -0.1) is 0 Å². The number of esters is 1. The molecule has 0 saturated carbocycles. The summed E-state index contributed by atoms with van der Waals surface area (Å²) in [6.45, 7) is 10.7. The summed E-state index contributed by atoms with van der Waals surface area (Å²) in [4.78, 5) is 12.6. The van der Waals surface area contributed by atoms with Crippen molar-refractivity contribution in [3.63, 3.8) is 0 Å². The van der Waals surface area contributed by atoms with Gasteiger partial charge in [-0.2, -0.15) is 5.10 Å². The van der Waals surface area contributed by atoms with E-state index in [4.69, 9.17) is 9.84 Å². The lowest BCUT2D eigenvalue weighted by atomic mass is 9.84. The molecule has 0 spiro atoms. The number of hydrogen-bond donors (Lipinski definition) is 0. The van der Waals surface area contributed by atoms with Crippen molar-refractivity contribution in [2.45, 2.75) is 47.5 Å². The molecule has 1 aromatic heterocycles. The number of rotatable bonds is 6. The van der Waals surface area contributed by atoms with E-state index in [2.05, 4.69) is 27.7 Å². The lowest BCUT2D eigenvalue weighted by Crippen LogP contribution is -2.18. The molecule has 0 radical (unpaired) electrons. The molecule has 4 nitrogen and oxygen atoms in total. The maximum absolute atomic E-state index is 12.6. The highest BCUT2D eigenvalue weighted by Crippen LogP contribution is 2.29. The van der Waals surface area contributed by atoms with Crippen LogP contribution in [0.3, 0.4) is 0 Å². The van der Waals surface area contributed by atoms with Gasteiger partial charge in [0, 0.05) is 18.1 Å². The second kappa shape index (κ2) is 8.64. The molecular formula is C25H30N2O2. The summed E-state index contributed by atoms with van der Waals surface area (Å²) < 4.78 is 7.50. The predicted molar refractivity (Wildman–Crippen MR) is 117 cm³/mol. The number of aromatic nitrogens is 2. The molecule has 0 aliphatic carbocycles. The van der Waals surface area contributed by atoms with E-state index in [1.54, 1.807) is 4.68 Å². The fourth-order valence-corrected chi connectivity index (χ4v) is 3.69. The maximum atomic E-state index is 12.6. The number of hydrogen-bond acceptors (Lipinski definition) is 3. The van der Waals surface area contributed by atoms with Crippen molar-refractivity contribution in [3.8, 4) is 22.8 Å². The molecule has 0 N–H and O–H groups in total. The average molecular weight is 391 g/mol. The van der Waals surface area contributed by atoms with Gasteiger partial charge in [0.15, 0.2) is 0 Å². The lowest BCUT2D eigenvalue weighted by Gasteiger charge is -2.22. The molecule has 0 aliphatic heterocycles. The van der Waals surface area contributed by atoms with Crippen molar-refractivity contribution >= 4 is 5.97 Å². The molecule has 0 bridgehead atoms. The molecule has 1 atom stereocenters. The molecule has 1 heterocycles. The molecule has 4 heteroatoms. The smallest absolute Gasteiger partial charge is 0.312 e. The molecular weight excluding hydrogens is 360 g/mol. The summed E-state index contributed by atoms with van der Waals surface area (Å²) in [5, 5.41) is 4.72. The fraction of sp³-hybridized carbons (Fsp3) is 0.360. The second-order valence-corrected chi connectivity index (χ2v) is 9.03. The summed E-state index contributed by atoms with van der Waals surface area (Å²) in [7, 11) is 0. The van der Waals surface area contributed by atoms with Gasteiger partial charge in [-0.25, -0.2) is 4.68 Å². The first-order valence-corrected chi connectivity index (χ1v) is 10.1. The second-order valence-electron chi connectivity index (χ2n) is 9.03. The van der Waals surface area contributed by atoms with E-state index >= 15 is 0 Å². The van der Waals surface area contributed by atoms with Gasteiger partial charge in [-0.3, -0.25) is 4.79 Å². The molecule has 0 amide bonds. The van der Waals surface area contributed by atoms with Gasteiger partial charge < -0.3 is 4.74 Å². The van der Waals surface area contributed by atoms with E-state index in [1.807, 2.05) is 67.6 Å². The number of carbonyl (C=O) groups excluding carboxylic acids is 1. The SMILES string of the molecule is Cc1cccc(-n2nc(-c3ccccc3)cc2OC(=O)CC(C)CC(C)(C)C)c1. The first-order valence-electron chi connectivity index (χ1n) is 10.1. The Morgan fingerprint density at radius 2 is 1.79 bits per heavy atom. The Hall–Kier alpha value is -2.88. The van der Waals surface area contributed by atoms with Crippen molar-refractivity contribution in [2.24, 2.45) is 11.3 Å². The maximum Gasteiger partial charge on any atom is 0.312 e. The van der Waals surface area contributed by atoms with Crippen LogP contribution in [-0.4, -0.2) is 15.7 Å².